The average Bonchev–Trinajstić information content (AvgIpc) is 2.72. The van der Waals surface area contributed by atoms with Crippen LogP contribution in [0.25, 0.3) is 11.5 Å². The van der Waals surface area contributed by atoms with Crippen molar-refractivity contribution in [1.29, 1.82) is 0 Å². The minimum atomic E-state index is -0.523. The number of hydrogen-bond donors (Lipinski definition) is 0. The third-order valence-corrected chi connectivity index (χ3v) is 2.74. The van der Waals surface area contributed by atoms with Gasteiger partial charge in [-0.2, -0.15) is 0 Å². The van der Waals surface area contributed by atoms with Gasteiger partial charge in [-0.25, -0.2) is 4.79 Å². The van der Waals surface area contributed by atoms with Gasteiger partial charge < -0.3 is 9.26 Å². The van der Waals surface area contributed by atoms with Crippen LogP contribution in [0.5, 0.6) is 0 Å². The molecule has 0 aliphatic rings. The Morgan fingerprint density at radius 2 is 2.35 bits per heavy atom. The van der Waals surface area contributed by atoms with E-state index in [0.717, 1.165) is 0 Å². The van der Waals surface area contributed by atoms with Crippen molar-refractivity contribution in [3.8, 4) is 11.5 Å². The molecule has 0 aliphatic carbocycles. The van der Waals surface area contributed by atoms with Crippen molar-refractivity contribution in [3.05, 3.63) is 34.6 Å². The lowest BCUT2D eigenvalue weighted by atomic mass is 10.2. The molecule has 0 radical (unpaired) electrons. The lowest BCUT2D eigenvalue weighted by Crippen LogP contribution is -2.05. The first-order chi connectivity index (χ1) is 8.24. The summed E-state index contributed by atoms with van der Waals surface area (Å²) in [6.45, 7) is 2.02. The molecule has 2 rings (SSSR count). The fraction of sp³-hybridized carbons (Fsp3) is 0.182. The molecule has 0 spiro atoms. The van der Waals surface area contributed by atoms with Gasteiger partial charge >= 0.3 is 5.97 Å². The van der Waals surface area contributed by atoms with Gasteiger partial charge in [-0.3, -0.25) is 4.98 Å². The molecule has 2 heterocycles. The molecule has 0 bridgehead atoms. The second-order valence-corrected chi connectivity index (χ2v) is 3.90. The maximum atomic E-state index is 11.5. The van der Waals surface area contributed by atoms with Gasteiger partial charge in [0.25, 0.3) is 0 Å². The van der Waals surface area contributed by atoms with Crippen LogP contribution in [0, 0.1) is 0 Å². The largest absolute Gasteiger partial charge is 0.461 e. The number of ether oxygens (including phenoxy) is 1. The monoisotopic (exact) mass is 296 g/mol. The highest BCUT2D eigenvalue weighted by Gasteiger charge is 2.22. The molecule has 0 aliphatic heterocycles. The number of pyridine rings is 1. The Hall–Kier alpha value is -1.69. The molecule has 0 saturated carbocycles. The van der Waals surface area contributed by atoms with Gasteiger partial charge in [-0.15, -0.1) is 0 Å². The summed E-state index contributed by atoms with van der Waals surface area (Å²) in [5.41, 5.74) is 0.718. The van der Waals surface area contributed by atoms with E-state index in [1.165, 1.54) is 0 Å². The molecule has 2 aromatic heterocycles. The summed E-state index contributed by atoms with van der Waals surface area (Å²) in [5, 5.41) is 3.67. The topological polar surface area (TPSA) is 65.2 Å². The van der Waals surface area contributed by atoms with E-state index in [2.05, 4.69) is 26.1 Å². The van der Waals surface area contributed by atoms with Crippen molar-refractivity contribution >= 4 is 21.9 Å². The summed E-state index contributed by atoms with van der Waals surface area (Å²) in [5.74, 6) is -0.112. The quantitative estimate of drug-likeness (QED) is 0.815. The zero-order valence-electron chi connectivity index (χ0n) is 9.01. The third-order valence-electron chi connectivity index (χ3n) is 2.00. The van der Waals surface area contributed by atoms with Gasteiger partial charge in [0, 0.05) is 6.20 Å². The minimum Gasteiger partial charge on any atom is -0.461 e. The molecule has 88 valence electrons. The molecule has 2 aromatic rings. The van der Waals surface area contributed by atoms with E-state index in [-0.39, 0.29) is 12.3 Å². The second kappa shape index (κ2) is 5.09. The zero-order valence-corrected chi connectivity index (χ0v) is 10.6. The molecule has 6 heteroatoms. The van der Waals surface area contributed by atoms with Gasteiger partial charge in [0.15, 0.2) is 5.76 Å². The Morgan fingerprint density at radius 1 is 1.53 bits per heavy atom. The molecular formula is C11H9BrN2O3. The van der Waals surface area contributed by atoms with E-state index in [9.17, 15) is 4.79 Å². The number of esters is 1. The highest BCUT2D eigenvalue weighted by molar-refractivity contribution is 9.10. The minimum absolute atomic E-state index is 0.118. The summed E-state index contributed by atoms with van der Waals surface area (Å²) in [4.78, 5) is 15.6. The number of nitrogens with zero attached hydrogens (tertiary/aromatic N) is 2. The highest BCUT2D eigenvalue weighted by Crippen LogP contribution is 2.29. The fourth-order valence-corrected chi connectivity index (χ4v) is 1.77. The molecule has 0 unspecified atom stereocenters. The Kier molecular flexibility index (Phi) is 3.53. The van der Waals surface area contributed by atoms with Crippen molar-refractivity contribution in [3.63, 3.8) is 0 Å². The van der Waals surface area contributed by atoms with Gasteiger partial charge in [0.05, 0.1) is 6.61 Å². The van der Waals surface area contributed by atoms with Crippen molar-refractivity contribution < 1.29 is 14.1 Å². The normalized spacial score (nSPS) is 10.2. The van der Waals surface area contributed by atoms with Crippen LogP contribution in [-0.4, -0.2) is 22.7 Å². The molecule has 0 atom stereocenters. The summed E-state index contributed by atoms with van der Waals surface area (Å²) >= 11 is 3.26. The van der Waals surface area contributed by atoms with Crippen LogP contribution in [0.15, 0.2) is 33.4 Å². The van der Waals surface area contributed by atoms with Crippen molar-refractivity contribution in [2.45, 2.75) is 6.92 Å². The number of rotatable bonds is 3. The predicted molar refractivity (Wildman–Crippen MR) is 63.4 cm³/mol. The van der Waals surface area contributed by atoms with Crippen molar-refractivity contribution in [2.75, 3.05) is 6.61 Å². The van der Waals surface area contributed by atoms with Crippen LogP contribution in [0.3, 0.4) is 0 Å². The number of carbonyl (C=O) groups excluding carboxylic acids is 1. The van der Waals surface area contributed by atoms with E-state index in [4.69, 9.17) is 9.26 Å². The molecule has 0 N–H and O–H groups in total. The Morgan fingerprint density at radius 3 is 3.00 bits per heavy atom. The first kappa shape index (κ1) is 11.8. The van der Waals surface area contributed by atoms with Crippen LogP contribution in [0.2, 0.25) is 0 Å². The van der Waals surface area contributed by atoms with Crippen LogP contribution >= 0.6 is 15.9 Å². The molecule has 5 nitrogen and oxygen atoms in total. The van der Waals surface area contributed by atoms with Crippen molar-refractivity contribution in [2.24, 2.45) is 0 Å². The standard InChI is InChI=1S/C11H9BrN2O3/c1-2-16-11(15)9-8(12)10(17-14-9)7-5-3-4-6-13-7/h3-6H,2H2,1H3. The Balaban J connectivity index is 2.37. The number of carbonyl (C=O) groups is 1. The Bertz CT molecular complexity index is 525. The molecule has 0 saturated heterocycles. The van der Waals surface area contributed by atoms with Gasteiger partial charge in [0.1, 0.15) is 10.2 Å². The maximum Gasteiger partial charge on any atom is 0.361 e. The first-order valence-electron chi connectivity index (χ1n) is 4.97. The SMILES string of the molecule is CCOC(=O)c1noc(-c2ccccn2)c1Br. The Labute approximate surface area is 106 Å². The van der Waals surface area contributed by atoms with E-state index in [1.54, 1.807) is 25.3 Å². The molecule has 0 fully saturated rings. The lowest BCUT2D eigenvalue weighted by Gasteiger charge is -1.97. The van der Waals surface area contributed by atoms with Gasteiger partial charge in [-0.05, 0) is 35.0 Å². The second-order valence-electron chi connectivity index (χ2n) is 3.11. The number of hydrogen-bond acceptors (Lipinski definition) is 5. The third kappa shape index (κ3) is 2.36. The summed E-state index contributed by atoms with van der Waals surface area (Å²) < 4.78 is 10.4. The molecule has 0 aromatic carbocycles. The fourth-order valence-electron chi connectivity index (χ4n) is 1.26. The zero-order chi connectivity index (χ0) is 12.3. The van der Waals surface area contributed by atoms with Crippen LogP contribution in [0.1, 0.15) is 17.4 Å². The van der Waals surface area contributed by atoms with E-state index < -0.39 is 5.97 Å². The summed E-state index contributed by atoms with van der Waals surface area (Å²) in [6.07, 6.45) is 1.63. The smallest absolute Gasteiger partial charge is 0.361 e. The van der Waals surface area contributed by atoms with E-state index in [0.29, 0.717) is 15.9 Å². The van der Waals surface area contributed by atoms with E-state index >= 15 is 0 Å². The van der Waals surface area contributed by atoms with Crippen LogP contribution < -0.4 is 0 Å². The van der Waals surface area contributed by atoms with Gasteiger partial charge in [0.2, 0.25) is 5.69 Å². The molecular weight excluding hydrogens is 288 g/mol. The summed E-state index contributed by atoms with van der Waals surface area (Å²) in [6, 6.07) is 5.38. The highest BCUT2D eigenvalue weighted by atomic mass is 79.9. The lowest BCUT2D eigenvalue weighted by molar-refractivity contribution is 0.0513. The van der Waals surface area contributed by atoms with Crippen LogP contribution in [-0.2, 0) is 4.74 Å². The number of halogens is 1. The van der Waals surface area contributed by atoms with Crippen molar-refractivity contribution in [1.82, 2.24) is 10.1 Å². The van der Waals surface area contributed by atoms with Crippen LogP contribution in [0.4, 0.5) is 0 Å². The predicted octanol–water partition coefficient (Wildman–Crippen LogP) is 2.68. The molecule has 0 amide bonds. The molecule has 17 heavy (non-hydrogen) atoms. The number of aromatic nitrogens is 2. The average molecular weight is 297 g/mol. The first-order valence-corrected chi connectivity index (χ1v) is 5.77. The van der Waals surface area contributed by atoms with E-state index in [1.807, 2.05) is 6.07 Å². The van der Waals surface area contributed by atoms with Gasteiger partial charge in [-0.1, -0.05) is 11.2 Å². The maximum absolute atomic E-state index is 11.5. The summed E-state index contributed by atoms with van der Waals surface area (Å²) in [7, 11) is 0.